The van der Waals surface area contributed by atoms with Crippen LogP contribution in [0.15, 0.2) is 46.9 Å². The van der Waals surface area contributed by atoms with Gasteiger partial charge in [-0.2, -0.15) is 0 Å². The summed E-state index contributed by atoms with van der Waals surface area (Å²) in [5.74, 6) is 0. The minimum Gasteiger partial charge on any atom is -0.371 e. The van der Waals surface area contributed by atoms with Crippen molar-refractivity contribution < 1.29 is 4.92 Å². The molecule has 6 heteroatoms. The third-order valence-electron chi connectivity index (χ3n) is 3.67. The van der Waals surface area contributed by atoms with Crippen LogP contribution in [0.25, 0.3) is 0 Å². The van der Waals surface area contributed by atoms with E-state index in [1.54, 1.807) is 12.1 Å². The number of nitro benzene ring substituents is 1. The monoisotopic (exact) mass is 347 g/mol. The molecule has 21 heavy (non-hydrogen) atoms. The van der Waals surface area contributed by atoms with Crippen molar-refractivity contribution in [2.45, 2.75) is 0 Å². The van der Waals surface area contributed by atoms with E-state index in [-0.39, 0.29) is 10.6 Å². The lowest BCUT2D eigenvalue weighted by molar-refractivity contribution is -0.384. The maximum absolute atomic E-state index is 11.3. The molecule has 0 aromatic heterocycles. The molecule has 0 N–H and O–H groups in total. The average Bonchev–Trinajstić information content (AvgIpc) is 2.48. The summed E-state index contributed by atoms with van der Waals surface area (Å²) >= 11 is 3.30. The van der Waals surface area contributed by atoms with Crippen molar-refractivity contribution in [2.24, 2.45) is 0 Å². The molecule has 5 nitrogen and oxygen atoms in total. The number of anilines is 3. The Labute approximate surface area is 131 Å². The SMILES string of the molecule is CN1CCN(c2ccc(Br)cc2[N+](=O)[O-])c2ccccc21. The van der Waals surface area contributed by atoms with Gasteiger partial charge in [0.25, 0.3) is 5.69 Å². The average molecular weight is 348 g/mol. The predicted molar refractivity (Wildman–Crippen MR) is 87.5 cm³/mol. The highest BCUT2D eigenvalue weighted by atomic mass is 79.9. The number of nitrogens with zero attached hydrogens (tertiary/aromatic N) is 3. The molecule has 0 atom stereocenters. The topological polar surface area (TPSA) is 49.6 Å². The second-order valence-corrected chi connectivity index (χ2v) is 5.87. The van der Waals surface area contributed by atoms with Gasteiger partial charge >= 0.3 is 0 Å². The van der Waals surface area contributed by atoms with Crippen molar-refractivity contribution in [3.63, 3.8) is 0 Å². The molecule has 0 bridgehead atoms. The van der Waals surface area contributed by atoms with E-state index < -0.39 is 0 Å². The second-order valence-electron chi connectivity index (χ2n) is 4.95. The van der Waals surface area contributed by atoms with Crippen LogP contribution in [0, 0.1) is 10.1 Å². The normalized spacial score (nSPS) is 14.0. The number of likely N-dealkylation sites (N-methyl/N-ethyl adjacent to an activating group) is 1. The molecule has 2 aromatic rings. The van der Waals surface area contributed by atoms with Crippen LogP contribution in [0.5, 0.6) is 0 Å². The van der Waals surface area contributed by atoms with Crippen LogP contribution in [0.4, 0.5) is 22.7 Å². The second kappa shape index (κ2) is 5.37. The lowest BCUT2D eigenvalue weighted by atomic mass is 10.1. The van der Waals surface area contributed by atoms with Gasteiger partial charge in [0.15, 0.2) is 0 Å². The Morgan fingerprint density at radius 3 is 2.52 bits per heavy atom. The number of hydrogen-bond donors (Lipinski definition) is 0. The van der Waals surface area contributed by atoms with E-state index in [4.69, 9.17) is 0 Å². The highest BCUT2D eigenvalue weighted by Crippen LogP contribution is 2.41. The molecule has 108 valence electrons. The van der Waals surface area contributed by atoms with E-state index in [2.05, 4.69) is 20.8 Å². The number of nitro groups is 1. The summed E-state index contributed by atoms with van der Waals surface area (Å²) in [4.78, 5) is 15.2. The molecule has 2 aromatic carbocycles. The first-order valence-corrected chi connectivity index (χ1v) is 7.39. The lowest BCUT2D eigenvalue weighted by Gasteiger charge is -2.36. The van der Waals surface area contributed by atoms with Gasteiger partial charge in [-0.15, -0.1) is 0 Å². The van der Waals surface area contributed by atoms with Gasteiger partial charge < -0.3 is 9.80 Å². The van der Waals surface area contributed by atoms with Crippen LogP contribution in [-0.4, -0.2) is 25.1 Å². The minimum atomic E-state index is -0.332. The zero-order valence-corrected chi connectivity index (χ0v) is 13.1. The number of benzene rings is 2. The van der Waals surface area contributed by atoms with Crippen molar-refractivity contribution in [2.75, 3.05) is 29.9 Å². The van der Waals surface area contributed by atoms with Crippen LogP contribution in [0.3, 0.4) is 0 Å². The fourth-order valence-electron chi connectivity index (χ4n) is 2.63. The van der Waals surface area contributed by atoms with E-state index in [1.807, 2.05) is 42.3 Å². The van der Waals surface area contributed by atoms with Crippen molar-refractivity contribution in [1.29, 1.82) is 0 Å². The van der Waals surface area contributed by atoms with Crippen LogP contribution < -0.4 is 9.80 Å². The number of hydrogen-bond acceptors (Lipinski definition) is 4. The molecule has 0 spiro atoms. The molecule has 0 saturated carbocycles. The van der Waals surface area contributed by atoms with Crippen LogP contribution in [0.1, 0.15) is 0 Å². The quantitative estimate of drug-likeness (QED) is 0.609. The summed E-state index contributed by atoms with van der Waals surface area (Å²) in [6.07, 6.45) is 0. The fourth-order valence-corrected chi connectivity index (χ4v) is 2.98. The van der Waals surface area contributed by atoms with Gasteiger partial charge in [-0.25, -0.2) is 0 Å². The lowest BCUT2D eigenvalue weighted by Crippen LogP contribution is -2.36. The molecule has 0 aliphatic carbocycles. The van der Waals surface area contributed by atoms with Crippen molar-refractivity contribution in [1.82, 2.24) is 0 Å². The van der Waals surface area contributed by atoms with Crippen LogP contribution >= 0.6 is 15.9 Å². The fraction of sp³-hybridized carbons (Fsp3) is 0.200. The van der Waals surface area contributed by atoms with Gasteiger partial charge in [-0.3, -0.25) is 10.1 Å². The molecule has 1 heterocycles. The molecule has 1 aliphatic rings. The van der Waals surface area contributed by atoms with Crippen LogP contribution in [0.2, 0.25) is 0 Å². The summed E-state index contributed by atoms with van der Waals surface area (Å²) in [6.45, 7) is 1.54. The Bertz CT molecular complexity index is 705. The van der Waals surface area contributed by atoms with E-state index >= 15 is 0 Å². The molecular weight excluding hydrogens is 334 g/mol. The van der Waals surface area contributed by atoms with Gasteiger partial charge in [-0.05, 0) is 24.3 Å². The van der Waals surface area contributed by atoms with Gasteiger partial charge in [0.05, 0.1) is 16.3 Å². The van der Waals surface area contributed by atoms with Gasteiger partial charge in [0, 0.05) is 30.7 Å². The highest BCUT2D eigenvalue weighted by molar-refractivity contribution is 9.10. The molecule has 3 rings (SSSR count). The molecule has 0 saturated heterocycles. The number of rotatable bonds is 2. The first kappa shape index (κ1) is 13.9. The number of para-hydroxylation sites is 2. The van der Waals surface area contributed by atoms with E-state index in [1.165, 1.54) is 0 Å². The third-order valence-corrected chi connectivity index (χ3v) is 4.16. The maximum Gasteiger partial charge on any atom is 0.294 e. The predicted octanol–water partition coefficient (Wildman–Crippen LogP) is 3.95. The van der Waals surface area contributed by atoms with E-state index in [0.29, 0.717) is 10.2 Å². The Balaban J connectivity index is 2.14. The summed E-state index contributed by atoms with van der Waals surface area (Å²) in [5, 5.41) is 11.3. The molecular formula is C15H14BrN3O2. The largest absolute Gasteiger partial charge is 0.371 e. The number of halogens is 1. The van der Waals surface area contributed by atoms with Crippen molar-refractivity contribution >= 4 is 38.7 Å². The summed E-state index contributed by atoms with van der Waals surface area (Å²) in [6, 6.07) is 13.2. The maximum atomic E-state index is 11.3. The molecule has 0 fully saturated rings. The minimum absolute atomic E-state index is 0.115. The summed E-state index contributed by atoms with van der Waals surface area (Å²) < 4.78 is 0.709. The first-order chi connectivity index (χ1) is 10.1. The Hall–Kier alpha value is -2.08. The number of fused-ring (bicyclic) bond motifs is 1. The van der Waals surface area contributed by atoms with Gasteiger partial charge in [0.2, 0.25) is 0 Å². The van der Waals surface area contributed by atoms with E-state index in [0.717, 1.165) is 24.5 Å². The van der Waals surface area contributed by atoms with E-state index in [9.17, 15) is 10.1 Å². The van der Waals surface area contributed by atoms with Gasteiger partial charge in [-0.1, -0.05) is 28.1 Å². The zero-order valence-electron chi connectivity index (χ0n) is 11.5. The third kappa shape index (κ3) is 2.47. The standard InChI is InChI=1S/C15H14BrN3O2/c1-17-8-9-18(13-5-3-2-4-12(13)17)14-7-6-11(16)10-15(14)19(20)21/h2-7,10H,8-9H2,1H3. The van der Waals surface area contributed by atoms with Crippen molar-refractivity contribution in [3.05, 3.63) is 57.1 Å². The molecule has 0 radical (unpaired) electrons. The van der Waals surface area contributed by atoms with Crippen molar-refractivity contribution in [3.8, 4) is 0 Å². The molecule has 1 aliphatic heterocycles. The Morgan fingerprint density at radius 1 is 1.10 bits per heavy atom. The summed E-state index contributed by atoms with van der Waals surface area (Å²) in [5.41, 5.74) is 2.82. The highest BCUT2D eigenvalue weighted by Gasteiger charge is 2.26. The Kier molecular flexibility index (Phi) is 3.55. The molecule has 0 unspecified atom stereocenters. The Morgan fingerprint density at radius 2 is 1.81 bits per heavy atom. The zero-order chi connectivity index (χ0) is 15.0. The smallest absolute Gasteiger partial charge is 0.294 e. The molecule has 0 amide bonds. The summed E-state index contributed by atoms with van der Waals surface area (Å²) in [7, 11) is 2.03. The first-order valence-electron chi connectivity index (χ1n) is 6.59. The van der Waals surface area contributed by atoms with Gasteiger partial charge in [0.1, 0.15) is 5.69 Å². The van der Waals surface area contributed by atoms with Crippen LogP contribution in [-0.2, 0) is 0 Å².